The Morgan fingerprint density at radius 1 is 1.14 bits per heavy atom. The van der Waals surface area contributed by atoms with Gasteiger partial charge in [0.1, 0.15) is 0 Å². The Morgan fingerprint density at radius 2 is 2.00 bits per heavy atom. The molecule has 0 saturated carbocycles. The molecule has 0 aliphatic rings. The number of benzene rings is 1. The number of hydrogen-bond acceptors (Lipinski definition) is 3. The highest BCUT2D eigenvalue weighted by atomic mass is 16.5. The van der Waals surface area contributed by atoms with Gasteiger partial charge in [0, 0.05) is 19.8 Å². The van der Waals surface area contributed by atoms with Crippen molar-refractivity contribution in [2.24, 2.45) is 0 Å². The van der Waals surface area contributed by atoms with Crippen LogP contribution in [0.4, 0.5) is 0 Å². The largest absolute Gasteiger partial charge is 0.382 e. The van der Waals surface area contributed by atoms with Gasteiger partial charge in [0.15, 0.2) is 0 Å². The van der Waals surface area contributed by atoms with Crippen LogP contribution in [-0.2, 0) is 15.9 Å². The van der Waals surface area contributed by atoms with E-state index in [-0.39, 0.29) is 0 Å². The predicted molar refractivity (Wildman–Crippen MR) is 88.9 cm³/mol. The zero-order chi connectivity index (χ0) is 15.3. The molecule has 0 spiro atoms. The zero-order valence-corrected chi connectivity index (χ0v) is 13.9. The number of unbranched alkanes of at least 4 members (excludes halogenated alkanes) is 1. The van der Waals surface area contributed by atoms with Crippen LogP contribution < -0.4 is 5.32 Å². The van der Waals surface area contributed by atoms with Gasteiger partial charge in [0.2, 0.25) is 0 Å². The second-order valence-electron chi connectivity index (χ2n) is 5.70. The number of hydrogen-bond donors (Lipinski definition) is 1. The molecule has 1 N–H and O–H groups in total. The number of methoxy groups -OCH3 is 1. The molecule has 1 rings (SSSR count). The highest BCUT2D eigenvalue weighted by Gasteiger charge is 2.02. The fourth-order valence-corrected chi connectivity index (χ4v) is 2.27. The van der Waals surface area contributed by atoms with Crippen LogP contribution in [0.3, 0.4) is 0 Å². The monoisotopic (exact) mass is 293 g/mol. The topological polar surface area (TPSA) is 30.5 Å². The van der Waals surface area contributed by atoms with E-state index in [0.29, 0.717) is 19.3 Å². The molecule has 1 aromatic rings. The summed E-state index contributed by atoms with van der Waals surface area (Å²) in [5.74, 6) is 0. The van der Waals surface area contributed by atoms with Crippen molar-refractivity contribution < 1.29 is 9.47 Å². The summed E-state index contributed by atoms with van der Waals surface area (Å²) in [6.07, 6.45) is 4.62. The Morgan fingerprint density at radius 3 is 2.76 bits per heavy atom. The third kappa shape index (κ3) is 9.62. The first-order valence-corrected chi connectivity index (χ1v) is 8.08. The van der Waals surface area contributed by atoms with E-state index in [1.54, 1.807) is 7.11 Å². The summed E-state index contributed by atoms with van der Waals surface area (Å²) < 4.78 is 10.4. The second kappa shape index (κ2) is 11.7. The Labute approximate surface area is 130 Å². The lowest BCUT2D eigenvalue weighted by Gasteiger charge is -2.14. The van der Waals surface area contributed by atoms with Crippen LogP contribution in [0.25, 0.3) is 0 Å². The SMILES string of the molecule is COCCOCCCCNC(C)CCc1cccc(C)c1. The molecule has 1 atom stereocenters. The van der Waals surface area contributed by atoms with Gasteiger partial charge in [-0.25, -0.2) is 0 Å². The molecule has 1 aromatic carbocycles. The van der Waals surface area contributed by atoms with Gasteiger partial charge in [0.25, 0.3) is 0 Å². The van der Waals surface area contributed by atoms with Crippen LogP contribution in [0, 0.1) is 6.92 Å². The van der Waals surface area contributed by atoms with Crippen LogP contribution in [0.15, 0.2) is 24.3 Å². The molecule has 0 bridgehead atoms. The van der Waals surface area contributed by atoms with E-state index in [1.807, 2.05) is 0 Å². The number of ether oxygens (including phenoxy) is 2. The summed E-state index contributed by atoms with van der Waals surface area (Å²) in [5.41, 5.74) is 2.79. The normalized spacial score (nSPS) is 12.5. The highest BCUT2D eigenvalue weighted by molar-refractivity contribution is 5.22. The third-order valence-corrected chi connectivity index (χ3v) is 3.59. The van der Waals surface area contributed by atoms with Gasteiger partial charge in [-0.3, -0.25) is 0 Å². The zero-order valence-electron chi connectivity index (χ0n) is 13.9. The standard InChI is InChI=1S/C18H31NO2/c1-16-7-6-8-18(15-16)10-9-17(2)19-11-4-5-12-21-14-13-20-3/h6-8,15,17,19H,4-5,9-14H2,1-3H3. The fourth-order valence-electron chi connectivity index (χ4n) is 2.27. The van der Waals surface area contributed by atoms with Crippen molar-refractivity contribution in [3.05, 3.63) is 35.4 Å². The van der Waals surface area contributed by atoms with Gasteiger partial charge >= 0.3 is 0 Å². The molecular formula is C18H31NO2. The Hall–Kier alpha value is -0.900. The molecule has 0 saturated heterocycles. The van der Waals surface area contributed by atoms with Gasteiger partial charge in [-0.15, -0.1) is 0 Å². The van der Waals surface area contributed by atoms with E-state index in [4.69, 9.17) is 9.47 Å². The second-order valence-corrected chi connectivity index (χ2v) is 5.70. The molecule has 1 unspecified atom stereocenters. The third-order valence-electron chi connectivity index (χ3n) is 3.59. The van der Waals surface area contributed by atoms with Crippen molar-refractivity contribution in [2.75, 3.05) is 33.5 Å². The van der Waals surface area contributed by atoms with E-state index in [1.165, 1.54) is 24.0 Å². The molecule has 0 fully saturated rings. The maximum atomic E-state index is 5.44. The number of nitrogens with one attached hydrogen (secondary N) is 1. The van der Waals surface area contributed by atoms with E-state index in [0.717, 1.165) is 26.0 Å². The van der Waals surface area contributed by atoms with Crippen LogP contribution in [-0.4, -0.2) is 39.5 Å². The Bertz CT molecular complexity index is 368. The number of aryl methyl sites for hydroxylation is 2. The summed E-state index contributed by atoms with van der Waals surface area (Å²) >= 11 is 0. The van der Waals surface area contributed by atoms with Crippen LogP contribution in [0.2, 0.25) is 0 Å². The Kier molecular flexibility index (Phi) is 10.1. The molecule has 0 aliphatic heterocycles. The van der Waals surface area contributed by atoms with Gasteiger partial charge in [-0.2, -0.15) is 0 Å². The molecule has 0 heterocycles. The fraction of sp³-hybridized carbons (Fsp3) is 0.667. The average molecular weight is 293 g/mol. The molecular weight excluding hydrogens is 262 g/mol. The van der Waals surface area contributed by atoms with Crippen LogP contribution >= 0.6 is 0 Å². The van der Waals surface area contributed by atoms with Crippen molar-refractivity contribution >= 4 is 0 Å². The van der Waals surface area contributed by atoms with Crippen LogP contribution in [0.5, 0.6) is 0 Å². The molecule has 3 nitrogen and oxygen atoms in total. The van der Waals surface area contributed by atoms with Gasteiger partial charge < -0.3 is 14.8 Å². The van der Waals surface area contributed by atoms with Gasteiger partial charge in [-0.1, -0.05) is 29.8 Å². The van der Waals surface area contributed by atoms with Crippen molar-refractivity contribution in [3.8, 4) is 0 Å². The summed E-state index contributed by atoms with van der Waals surface area (Å²) in [4.78, 5) is 0. The minimum atomic E-state index is 0.569. The first-order chi connectivity index (χ1) is 10.2. The van der Waals surface area contributed by atoms with Crippen molar-refractivity contribution in [2.45, 2.75) is 45.6 Å². The molecule has 0 aliphatic carbocycles. The predicted octanol–water partition coefficient (Wildman–Crippen LogP) is 3.35. The van der Waals surface area contributed by atoms with Crippen LogP contribution in [0.1, 0.15) is 37.3 Å². The van der Waals surface area contributed by atoms with E-state index in [9.17, 15) is 0 Å². The van der Waals surface area contributed by atoms with Gasteiger partial charge in [-0.05, 0) is 51.6 Å². The minimum Gasteiger partial charge on any atom is -0.382 e. The summed E-state index contributed by atoms with van der Waals surface area (Å²) in [5, 5.41) is 3.59. The minimum absolute atomic E-state index is 0.569. The molecule has 0 amide bonds. The van der Waals surface area contributed by atoms with Crippen molar-refractivity contribution in [3.63, 3.8) is 0 Å². The van der Waals surface area contributed by atoms with E-state index >= 15 is 0 Å². The average Bonchev–Trinajstić information content (AvgIpc) is 2.48. The first kappa shape index (κ1) is 18.1. The van der Waals surface area contributed by atoms with Gasteiger partial charge in [0.05, 0.1) is 13.2 Å². The number of rotatable bonds is 12. The van der Waals surface area contributed by atoms with E-state index < -0.39 is 0 Å². The smallest absolute Gasteiger partial charge is 0.0700 e. The maximum Gasteiger partial charge on any atom is 0.0700 e. The van der Waals surface area contributed by atoms with Crippen molar-refractivity contribution in [1.82, 2.24) is 5.32 Å². The van der Waals surface area contributed by atoms with Crippen molar-refractivity contribution in [1.29, 1.82) is 0 Å². The molecule has 120 valence electrons. The Balaban J connectivity index is 1.97. The lowest BCUT2D eigenvalue weighted by Crippen LogP contribution is -2.27. The lowest BCUT2D eigenvalue weighted by atomic mass is 10.0. The highest BCUT2D eigenvalue weighted by Crippen LogP contribution is 2.08. The molecule has 0 radical (unpaired) electrons. The summed E-state index contributed by atoms with van der Waals surface area (Å²) in [6.45, 7) is 7.72. The first-order valence-electron chi connectivity index (χ1n) is 8.08. The quantitative estimate of drug-likeness (QED) is 0.600. The molecule has 21 heavy (non-hydrogen) atoms. The van der Waals surface area contributed by atoms with E-state index in [2.05, 4.69) is 43.4 Å². The summed E-state index contributed by atoms with van der Waals surface area (Å²) in [7, 11) is 1.70. The summed E-state index contributed by atoms with van der Waals surface area (Å²) in [6, 6.07) is 9.37. The maximum absolute atomic E-state index is 5.44. The lowest BCUT2D eigenvalue weighted by molar-refractivity contribution is 0.0687. The molecule has 3 heteroatoms. The molecule has 0 aromatic heterocycles.